The summed E-state index contributed by atoms with van der Waals surface area (Å²) in [6.45, 7) is 6.28. The third kappa shape index (κ3) is 2.98. The van der Waals surface area contributed by atoms with Crippen LogP contribution in [0.15, 0.2) is 30.3 Å². The standard InChI is InChI=1S/C15H19N9/c1-12-16-14(18-17-12)11-22-7-9-23(10-8-22)15-19-20-21-24(15)13-5-3-2-4-6-13/h2-6H,7-11H2,1H3,(H,16,17,18). The molecule has 0 bridgehead atoms. The fourth-order valence-corrected chi connectivity index (χ4v) is 2.88. The zero-order valence-corrected chi connectivity index (χ0v) is 13.5. The molecule has 3 heterocycles. The summed E-state index contributed by atoms with van der Waals surface area (Å²) in [5.74, 6) is 2.48. The number of anilines is 1. The first-order valence-corrected chi connectivity index (χ1v) is 7.98. The second-order valence-electron chi connectivity index (χ2n) is 5.83. The molecule has 9 heteroatoms. The second kappa shape index (κ2) is 6.36. The van der Waals surface area contributed by atoms with Crippen molar-refractivity contribution >= 4 is 5.95 Å². The van der Waals surface area contributed by atoms with E-state index in [4.69, 9.17) is 0 Å². The van der Waals surface area contributed by atoms with Crippen LogP contribution >= 0.6 is 0 Å². The molecule has 1 N–H and O–H groups in total. The number of aryl methyl sites for hydroxylation is 1. The Morgan fingerprint density at radius 2 is 1.88 bits per heavy atom. The fraction of sp³-hybridized carbons (Fsp3) is 0.400. The monoisotopic (exact) mass is 325 g/mol. The van der Waals surface area contributed by atoms with E-state index in [1.54, 1.807) is 4.68 Å². The number of para-hydroxylation sites is 1. The third-order valence-corrected chi connectivity index (χ3v) is 4.12. The van der Waals surface area contributed by atoms with E-state index in [9.17, 15) is 0 Å². The predicted octanol–water partition coefficient (Wildman–Crippen LogP) is 0.411. The van der Waals surface area contributed by atoms with Crippen LogP contribution in [0.4, 0.5) is 5.95 Å². The topological polar surface area (TPSA) is 91.7 Å². The van der Waals surface area contributed by atoms with E-state index in [1.165, 1.54) is 0 Å². The van der Waals surface area contributed by atoms with E-state index in [0.717, 1.165) is 56.0 Å². The van der Waals surface area contributed by atoms with E-state index in [0.29, 0.717) is 0 Å². The molecule has 0 radical (unpaired) electrons. The van der Waals surface area contributed by atoms with Gasteiger partial charge >= 0.3 is 0 Å². The zero-order chi connectivity index (χ0) is 16.4. The SMILES string of the molecule is Cc1nc(CN2CCN(c3nnnn3-c3ccccc3)CC2)n[nH]1. The molecule has 2 aromatic heterocycles. The van der Waals surface area contributed by atoms with Gasteiger partial charge in [-0.15, -0.1) is 0 Å². The highest BCUT2D eigenvalue weighted by molar-refractivity contribution is 5.40. The van der Waals surface area contributed by atoms with Crippen LogP contribution in [-0.4, -0.2) is 66.5 Å². The molecule has 1 aliphatic heterocycles. The number of hydrogen-bond donors (Lipinski definition) is 1. The molecular formula is C15H19N9. The lowest BCUT2D eigenvalue weighted by molar-refractivity contribution is 0.243. The summed E-state index contributed by atoms with van der Waals surface area (Å²) in [5.41, 5.74) is 0.969. The van der Waals surface area contributed by atoms with Crippen LogP contribution in [0.25, 0.3) is 5.69 Å². The molecule has 9 nitrogen and oxygen atoms in total. The molecular weight excluding hydrogens is 306 g/mol. The molecule has 1 fully saturated rings. The van der Waals surface area contributed by atoms with Crippen LogP contribution in [0.2, 0.25) is 0 Å². The number of rotatable bonds is 4. The molecule has 0 unspecified atom stereocenters. The summed E-state index contributed by atoms with van der Waals surface area (Å²) in [6, 6.07) is 9.95. The van der Waals surface area contributed by atoms with E-state index in [2.05, 4.69) is 40.5 Å². The Morgan fingerprint density at radius 1 is 1.08 bits per heavy atom. The van der Waals surface area contributed by atoms with Gasteiger partial charge < -0.3 is 4.90 Å². The Labute approximate surface area is 139 Å². The second-order valence-corrected chi connectivity index (χ2v) is 5.83. The number of piperazine rings is 1. The van der Waals surface area contributed by atoms with Crippen LogP contribution in [0, 0.1) is 6.92 Å². The molecule has 0 aliphatic carbocycles. The lowest BCUT2D eigenvalue weighted by atomic mass is 10.3. The molecule has 1 aliphatic rings. The number of hydrogen-bond acceptors (Lipinski definition) is 7. The highest BCUT2D eigenvalue weighted by atomic mass is 15.6. The maximum atomic E-state index is 4.37. The van der Waals surface area contributed by atoms with Crippen LogP contribution in [-0.2, 0) is 6.54 Å². The number of aromatic nitrogens is 7. The van der Waals surface area contributed by atoms with Gasteiger partial charge in [0.25, 0.3) is 0 Å². The van der Waals surface area contributed by atoms with Gasteiger partial charge in [0.2, 0.25) is 5.95 Å². The largest absolute Gasteiger partial charge is 0.337 e. The van der Waals surface area contributed by atoms with Gasteiger partial charge in [0.15, 0.2) is 5.82 Å². The summed E-state index contributed by atoms with van der Waals surface area (Å²) in [5, 5.41) is 19.3. The summed E-state index contributed by atoms with van der Waals surface area (Å²) in [7, 11) is 0. The van der Waals surface area contributed by atoms with Crippen molar-refractivity contribution < 1.29 is 0 Å². The number of aromatic amines is 1. The van der Waals surface area contributed by atoms with Gasteiger partial charge in [-0.1, -0.05) is 23.3 Å². The van der Waals surface area contributed by atoms with E-state index < -0.39 is 0 Å². The number of tetrazole rings is 1. The summed E-state index contributed by atoms with van der Waals surface area (Å²) < 4.78 is 1.79. The van der Waals surface area contributed by atoms with E-state index >= 15 is 0 Å². The maximum Gasteiger partial charge on any atom is 0.250 e. The third-order valence-electron chi connectivity index (χ3n) is 4.12. The van der Waals surface area contributed by atoms with E-state index in [-0.39, 0.29) is 0 Å². The van der Waals surface area contributed by atoms with Crippen LogP contribution in [0.3, 0.4) is 0 Å². The quantitative estimate of drug-likeness (QED) is 0.743. The minimum atomic E-state index is 0.766. The van der Waals surface area contributed by atoms with Gasteiger partial charge in [-0.25, -0.2) is 4.98 Å². The Kier molecular flexibility index (Phi) is 3.91. The van der Waals surface area contributed by atoms with Crippen LogP contribution < -0.4 is 4.90 Å². The van der Waals surface area contributed by atoms with Crippen molar-refractivity contribution in [3.63, 3.8) is 0 Å². The minimum absolute atomic E-state index is 0.766. The molecule has 4 rings (SSSR count). The minimum Gasteiger partial charge on any atom is -0.337 e. The van der Waals surface area contributed by atoms with Crippen molar-refractivity contribution in [3.05, 3.63) is 42.0 Å². The van der Waals surface area contributed by atoms with Crippen LogP contribution in [0.1, 0.15) is 11.6 Å². The normalized spacial score (nSPS) is 15.8. The van der Waals surface area contributed by atoms with Gasteiger partial charge in [0.05, 0.1) is 12.2 Å². The Morgan fingerprint density at radius 3 is 2.58 bits per heavy atom. The summed E-state index contributed by atoms with van der Waals surface area (Å²) in [6.07, 6.45) is 0. The van der Waals surface area contributed by atoms with Gasteiger partial charge in [-0.3, -0.25) is 10.00 Å². The zero-order valence-electron chi connectivity index (χ0n) is 13.5. The average molecular weight is 325 g/mol. The molecule has 0 amide bonds. The molecule has 0 spiro atoms. The molecule has 24 heavy (non-hydrogen) atoms. The summed E-state index contributed by atoms with van der Waals surface area (Å²) >= 11 is 0. The van der Waals surface area contributed by atoms with Gasteiger partial charge in [-0.2, -0.15) is 9.78 Å². The first kappa shape index (κ1) is 14.8. The van der Waals surface area contributed by atoms with Gasteiger partial charge in [-0.05, 0) is 29.5 Å². The number of H-pyrrole nitrogens is 1. The highest BCUT2D eigenvalue weighted by Crippen LogP contribution is 2.17. The van der Waals surface area contributed by atoms with E-state index in [1.807, 2.05) is 37.3 Å². The lowest BCUT2D eigenvalue weighted by Crippen LogP contribution is -2.47. The number of nitrogens with zero attached hydrogens (tertiary/aromatic N) is 8. The van der Waals surface area contributed by atoms with Gasteiger partial charge in [0.1, 0.15) is 5.82 Å². The van der Waals surface area contributed by atoms with Crippen LogP contribution in [0.5, 0.6) is 0 Å². The van der Waals surface area contributed by atoms with Gasteiger partial charge in [0, 0.05) is 26.2 Å². The lowest BCUT2D eigenvalue weighted by Gasteiger charge is -2.34. The van der Waals surface area contributed by atoms with Crippen molar-refractivity contribution in [2.45, 2.75) is 13.5 Å². The Bertz CT molecular complexity index is 786. The molecule has 0 saturated carbocycles. The van der Waals surface area contributed by atoms with Crippen molar-refractivity contribution in [3.8, 4) is 5.69 Å². The highest BCUT2D eigenvalue weighted by Gasteiger charge is 2.22. The molecule has 3 aromatic rings. The predicted molar refractivity (Wildman–Crippen MR) is 87.8 cm³/mol. The Balaban J connectivity index is 1.42. The van der Waals surface area contributed by atoms with Crippen molar-refractivity contribution in [2.24, 2.45) is 0 Å². The molecule has 1 saturated heterocycles. The molecule has 0 atom stereocenters. The fourth-order valence-electron chi connectivity index (χ4n) is 2.88. The summed E-state index contributed by atoms with van der Waals surface area (Å²) in [4.78, 5) is 8.93. The van der Waals surface area contributed by atoms with Crippen molar-refractivity contribution in [1.82, 2.24) is 40.3 Å². The number of benzene rings is 1. The Hall–Kier alpha value is -2.81. The average Bonchev–Trinajstić information content (AvgIpc) is 3.26. The maximum absolute atomic E-state index is 4.37. The number of nitrogens with one attached hydrogen (secondary N) is 1. The first-order valence-electron chi connectivity index (χ1n) is 7.98. The first-order chi connectivity index (χ1) is 11.8. The molecule has 124 valence electrons. The molecule has 1 aromatic carbocycles. The van der Waals surface area contributed by atoms with Crippen molar-refractivity contribution in [1.29, 1.82) is 0 Å². The smallest absolute Gasteiger partial charge is 0.250 e. The van der Waals surface area contributed by atoms with Crippen molar-refractivity contribution in [2.75, 3.05) is 31.1 Å².